The van der Waals surface area contributed by atoms with Gasteiger partial charge in [-0.15, -0.1) is 0 Å². The van der Waals surface area contributed by atoms with Crippen LogP contribution in [0.3, 0.4) is 0 Å². The van der Waals surface area contributed by atoms with Crippen molar-refractivity contribution in [3.63, 3.8) is 0 Å². The van der Waals surface area contributed by atoms with E-state index in [2.05, 4.69) is 20.6 Å². The van der Waals surface area contributed by atoms with Crippen LogP contribution in [0.1, 0.15) is 32.1 Å². The molecule has 0 spiro atoms. The number of carbonyl (C=O) groups is 1. The number of ether oxygens (including phenoxy) is 2. The Morgan fingerprint density at radius 3 is 2.62 bits per heavy atom. The molecule has 0 radical (unpaired) electrons. The highest BCUT2D eigenvalue weighted by molar-refractivity contribution is 5.79. The van der Waals surface area contributed by atoms with Crippen LogP contribution in [0, 0.1) is 5.92 Å². The quantitative estimate of drug-likeness (QED) is 0.798. The van der Waals surface area contributed by atoms with Crippen LogP contribution in [-0.2, 0) is 14.3 Å². The van der Waals surface area contributed by atoms with Gasteiger partial charge in [-0.2, -0.15) is 0 Å². The van der Waals surface area contributed by atoms with Gasteiger partial charge in [0.15, 0.2) is 5.76 Å². The van der Waals surface area contributed by atoms with E-state index in [0.717, 1.165) is 25.7 Å². The molecule has 4 heterocycles. The predicted molar refractivity (Wildman–Crippen MR) is 105 cm³/mol. The van der Waals surface area contributed by atoms with E-state index >= 15 is 0 Å². The van der Waals surface area contributed by atoms with Gasteiger partial charge in [0.25, 0.3) is 0 Å². The summed E-state index contributed by atoms with van der Waals surface area (Å²) in [5.41, 5.74) is 0.716. The van der Waals surface area contributed by atoms with Crippen LogP contribution in [-0.4, -0.2) is 53.4 Å². The maximum atomic E-state index is 12.6. The summed E-state index contributed by atoms with van der Waals surface area (Å²) in [6.07, 6.45) is 8.54. The van der Waals surface area contributed by atoms with Gasteiger partial charge < -0.3 is 24.5 Å². The molecule has 1 saturated carbocycles. The van der Waals surface area contributed by atoms with E-state index in [0.29, 0.717) is 30.6 Å². The van der Waals surface area contributed by atoms with Gasteiger partial charge >= 0.3 is 0 Å². The van der Waals surface area contributed by atoms with Crippen molar-refractivity contribution in [3.8, 4) is 11.5 Å². The van der Waals surface area contributed by atoms with E-state index in [1.807, 2.05) is 12.1 Å². The molecule has 154 valence electrons. The normalized spacial score (nSPS) is 29.5. The molecule has 1 aliphatic carbocycles. The molecule has 2 aliphatic heterocycles. The third kappa shape index (κ3) is 3.86. The van der Waals surface area contributed by atoms with Gasteiger partial charge in [0.1, 0.15) is 17.9 Å². The summed E-state index contributed by atoms with van der Waals surface area (Å²) in [5.74, 6) is 1.48. The molecule has 0 bridgehead atoms. The number of carbonyl (C=O) groups excluding carboxylic acids is 1. The van der Waals surface area contributed by atoms with E-state index in [1.165, 1.54) is 6.42 Å². The fourth-order valence-corrected chi connectivity index (χ4v) is 4.57. The molecule has 1 amide bonds. The van der Waals surface area contributed by atoms with Crippen molar-refractivity contribution < 1.29 is 18.7 Å². The van der Waals surface area contributed by atoms with Gasteiger partial charge in [-0.1, -0.05) is 19.3 Å². The Morgan fingerprint density at radius 2 is 1.83 bits per heavy atom. The SMILES string of the molecule is O=C(N[C@H]1CO[C@H]2[C@H]1OC[C@H]2Nc1nccc(-c2ccco2)n1)C1CCCCC1. The minimum Gasteiger partial charge on any atom is -0.463 e. The summed E-state index contributed by atoms with van der Waals surface area (Å²) in [6, 6.07) is 5.33. The topological polar surface area (TPSA) is 98.5 Å². The van der Waals surface area contributed by atoms with E-state index in [9.17, 15) is 4.79 Å². The van der Waals surface area contributed by atoms with E-state index in [1.54, 1.807) is 18.5 Å². The standard InChI is InChI=1S/C21H26N4O4/c26-20(13-5-2-1-3-6-13)23-15-11-28-19-16(12-29-18(15)19)25-21-22-9-8-14(24-21)17-7-4-10-27-17/h4,7-10,13,15-16,18-19H,1-3,5-6,11-12H2,(H,23,26)(H,22,24,25)/t15-,16+,18-,19+/m0/s1. The lowest BCUT2D eigenvalue weighted by atomic mass is 9.88. The first kappa shape index (κ1) is 18.6. The highest BCUT2D eigenvalue weighted by Gasteiger charge is 2.48. The lowest BCUT2D eigenvalue weighted by Gasteiger charge is -2.24. The van der Waals surface area contributed by atoms with Crippen LogP contribution in [0.2, 0.25) is 0 Å². The van der Waals surface area contributed by atoms with Crippen molar-refractivity contribution >= 4 is 11.9 Å². The van der Waals surface area contributed by atoms with Gasteiger partial charge in [0.05, 0.1) is 31.6 Å². The summed E-state index contributed by atoms with van der Waals surface area (Å²) < 4.78 is 17.4. The van der Waals surface area contributed by atoms with Crippen molar-refractivity contribution in [3.05, 3.63) is 30.7 Å². The Labute approximate surface area is 169 Å². The Kier molecular flexibility index (Phi) is 5.20. The molecule has 5 rings (SSSR count). The number of nitrogens with zero attached hydrogens (tertiary/aromatic N) is 2. The molecule has 0 aromatic carbocycles. The Balaban J connectivity index is 1.20. The number of nitrogens with one attached hydrogen (secondary N) is 2. The number of fused-ring (bicyclic) bond motifs is 1. The zero-order chi connectivity index (χ0) is 19.6. The summed E-state index contributed by atoms with van der Waals surface area (Å²) in [4.78, 5) is 21.4. The highest BCUT2D eigenvalue weighted by Crippen LogP contribution is 2.30. The molecule has 3 aliphatic rings. The second-order valence-corrected chi connectivity index (χ2v) is 8.04. The average Bonchev–Trinajstić information content (AvgIpc) is 3.49. The molecule has 4 atom stereocenters. The second kappa shape index (κ2) is 8.12. The van der Waals surface area contributed by atoms with E-state index < -0.39 is 0 Å². The second-order valence-electron chi connectivity index (χ2n) is 8.04. The number of amides is 1. The molecule has 2 N–H and O–H groups in total. The average molecular weight is 398 g/mol. The maximum Gasteiger partial charge on any atom is 0.223 e. The maximum absolute atomic E-state index is 12.6. The molecular weight excluding hydrogens is 372 g/mol. The first-order chi connectivity index (χ1) is 14.3. The molecule has 8 nitrogen and oxygen atoms in total. The van der Waals surface area contributed by atoms with Crippen LogP contribution in [0.5, 0.6) is 0 Å². The van der Waals surface area contributed by atoms with Crippen molar-refractivity contribution in [1.29, 1.82) is 0 Å². The van der Waals surface area contributed by atoms with Crippen molar-refractivity contribution in [1.82, 2.24) is 15.3 Å². The van der Waals surface area contributed by atoms with E-state index in [-0.39, 0.29) is 36.1 Å². The fourth-order valence-electron chi connectivity index (χ4n) is 4.57. The molecule has 29 heavy (non-hydrogen) atoms. The minimum atomic E-state index is -0.145. The van der Waals surface area contributed by atoms with Crippen molar-refractivity contribution in [2.75, 3.05) is 18.5 Å². The first-order valence-electron chi connectivity index (χ1n) is 10.4. The Morgan fingerprint density at radius 1 is 1.03 bits per heavy atom. The number of rotatable bonds is 5. The molecular formula is C21H26N4O4. The monoisotopic (exact) mass is 398 g/mol. The summed E-state index contributed by atoms with van der Waals surface area (Å²) >= 11 is 0. The van der Waals surface area contributed by atoms with E-state index in [4.69, 9.17) is 13.9 Å². The number of hydrogen-bond acceptors (Lipinski definition) is 7. The van der Waals surface area contributed by atoms with Crippen LogP contribution >= 0.6 is 0 Å². The summed E-state index contributed by atoms with van der Waals surface area (Å²) in [5, 5.41) is 6.50. The number of hydrogen-bond donors (Lipinski definition) is 2. The van der Waals surface area contributed by atoms with Crippen molar-refractivity contribution in [2.24, 2.45) is 5.92 Å². The first-order valence-corrected chi connectivity index (χ1v) is 10.4. The number of furan rings is 1. The molecule has 2 saturated heterocycles. The van der Waals surface area contributed by atoms with Crippen LogP contribution in [0.15, 0.2) is 35.1 Å². The zero-order valence-electron chi connectivity index (χ0n) is 16.3. The molecule has 8 heteroatoms. The third-order valence-corrected chi connectivity index (χ3v) is 6.10. The lowest BCUT2D eigenvalue weighted by molar-refractivity contribution is -0.127. The molecule has 2 aromatic rings. The van der Waals surface area contributed by atoms with Gasteiger partial charge in [-0.3, -0.25) is 4.79 Å². The largest absolute Gasteiger partial charge is 0.463 e. The lowest BCUT2D eigenvalue weighted by Crippen LogP contribution is -2.47. The minimum absolute atomic E-state index is 0.0663. The van der Waals surface area contributed by atoms with Crippen LogP contribution < -0.4 is 10.6 Å². The zero-order valence-corrected chi connectivity index (χ0v) is 16.3. The Hall–Kier alpha value is -2.45. The van der Waals surface area contributed by atoms with Gasteiger partial charge in [-0.25, -0.2) is 9.97 Å². The summed E-state index contributed by atoms with van der Waals surface area (Å²) in [7, 11) is 0. The van der Waals surface area contributed by atoms with Gasteiger partial charge in [-0.05, 0) is 31.0 Å². The molecule has 0 unspecified atom stereocenters. The predicted octanol–water partition coefficient (Wildman–Crippen LogP) is 2.38. The van der Waals surface area contributed by atoms with Gasteiger partial charge in [0.2, 0.25) is 11.9 Å². The van der Waals surface area contributed by atoms with Gasteiger partial charge in [0, 0.05) is 12.1 Å². The summed E-state index contributed by atoms with van der Waals surface area (Å²) in [6.45, 7) is 0.957. The van der Waals surface area contributed by atoms with Crippen LogP contribution in [0.4, 0.5) is 5.95 Å². The van der Waals surface area contributed by atoms with Crippen molar-refractivity contribution in [2.45, 2.75) is 56.4 Å². The number of aromatic nitrogens is 2. The molecule has 3 fully saturated rings. The Bertz CT molecular complexity index is 837. The fraction of sp³-hybridized carbons (Fsp3) is 0.571. The third-order valence-electron chi connectivity index (χ3n) is 6.10. The van der Waals surface area contributed by atoms with Crippen LogP contribution in [0.25, 0.3) is 11.5 Å². The molecule has 2 aromatic heterocycles. The number of anilines is 1. The smallest absolute Gasteiger partial charge is 0.223 e. The highest BCUT2D eigenvalue weighted by atomic mass is 16.6.